The highest BCUT2D eigenvalue weighted by atomic mass is 35.5. The number of amides is 1. The predicted molar refractivity (Wildman–Crippen MR) is 142 cm³/mol. The van der Waals surface area contributed by atoms with Crippen LogP contribution in [0.4, 0.5) is 0 Å². The van der Waals surface area contributed by atoms with Crippen LogP contribution < -0.4 is 5.32 Å². The van der Waals surface area contributed by atoms with E-state index >= 15 is 0 Å². The molecule has 180 valence electrons. The van der Waals surface area contributed by atoms with E-state index in [4.69, 9.17) is 16.6 Å². The Bertz CT molecular complexity index is 1300. The molecule has 2 aromatic heterocycles. The van der Waals surface area contributed by atoms with Crippen molar-refractivity contribution in [1.82, 2.24) is 24.8 Å². The van der Waals surface area contributed by atoms with Crippen molar-refractivity contribution in [1.29, 1.82) is 0 Å². The molecule has 5 rings (SSSR count). The number of pyridine rings is 1. The van der Waals surface area contributed by atoms with Crippen molar-refractivity contribution in [2.45, 2.75) is 30.3 Å². The number of hydrogen-bond donors (Lipinski definition) is 1. The predicted octanol–water partition coefficient (Wildman–Crippen LogP) is 5.25. The molecule has 0 spiro atoms. The van der Waals surface area contributed by atoms with Crippen LogP contribution in [0.1, 0.15) is 34.3 Å². The van der Waals surface area contributed by atoms with Crippen LogP contribution in [0.25, 0.3) is 11.0 Å². The molecule has 0 atom stereocenters. The largest absolute Gasteiger partial charge is 0.351 e. The number of nitrogens with zero attached hydrogens (tertiary/aromatic N) is 4. The molecular formula is C27H28ClN5OS. The van der Waals surface area contributed by atoms with E-state index in [1.54, 1.807) is 18.0 Å². The summed E-state index contributed by atoms with van der Waals surface area (Å²) in [7, 11) is 0. The van der Waals surface area contributed by atoms with Crippen molar-refractivity contribution < 1.29 is 4.79 Å². The SMILES string of the molecule is O=C(NCCN1CCCC1)c1ccc(Cn2c(SCc3ccccc3Cl)nc3ccncc32)cc1. The first kappa shape index (κ1) is 23.9. The Morgan fingerprint density at radius 1 is 1.06 bits per heavy atom. The minimum atomic E-state index is -0.0241. The fourth-order valence-electron chi connectivity index (χ4n) is 4.35. The van der Waals surface area contributed by atoms with Crippen molar-refractivity contribution in [3.63, 3.8) is 0 Å². The van der Waals surface area contributed by atoms with Crippen molar-refractivity contribution in [3.05, 3.63) is 88.7 Å². The van der Waals surface area contributed by atoms with Crippen molar-refractivity contribution >= 4 is 40.3 Å². The van der Waals surface area contributed by atoms with E-state index in [9.17, 15) is 4.79 Å². The highest BCUT2D eigenvalue weighted by Gasteiger charge is 2.14. The summed E-state index contributed by atoms with van der Waals surface area (Å²) in [5.74, 6) is 0.705. The summed E-state index contributed by atoms with van der Waals surface area (Å²) >= 11 is 8.02. The Morgan fingerprint density at radius 2 is 1.86 bits per heavy atom. The number of halogens is 1. The maximum absolute atomic E-state index is 12.6. The summed E-state index contributed by atoms with van der Waals surface area (Å²) in [5, 5.41) is 4.72. The second-order valence-electron chi connectivity index (χ2n) is 8.73. The number of aromatic nitrogens is 3. The number of thioether (sulfide) groups is 1. The van der Waals surface area contributed by atoms with E-state index in [2.05, 4.69) is 19.8 Å². The average Bonchev–Trinajstić information content (AvgIpc) is 3.52. The van der Waals surface area contributed by atoms with E-state index in [0.29, 0.717) is 18.7 Å². The Labute approximate surface area is 214 Å². The van der Waals surface area contributed by atoms with Crippen LogP contribution in [0.3, 0.4) is 0 Å². The zero-order valence-corrected chi connectivity index (χ0v) is 21.1. The van der Waals surface area contributed by atoms with Crippen LogP contribution in [-0.4, -0.2) is 51.5 Å². The molecule has 0 aliphatic carbocycles. The summed E-state index contributed by atoms with van der Waals surface area (Å²) in [4.78, 5) is 24.1. The molecule has 1 N–H and O–H groups in total. The second-order valence-corrected chi connectivity index (χ2v) is 10.1. The van der Waals surface area contributed by atoms with E-state index in [1.807, 2.05) is 60.8 Å². The van der Waals surface area contributed by atoms with Crippen molar-refractivity contribution in [3.8, 4) is 0 Å². The first-order chi connectivity index (χ1) is 17.2. The van der Waals surface area contributed by atoms with Crippen LogP contribution in [0.15, 0.2) is 72.1 Å². The van der Waals surface area contributed by atoms with Crippen LogP contribution >= 0.6 is 23.4 Å². The average molecular weight is 506 g/mol. The van der Waals surface area contributed by atoms with Gasteiger partial charge in [0.15, 0.2) is 5.16 Å². The standard InChI is InChI=1S/C27H28ClN5OS/c28-23-6-2-1-5-22(23)19-35-27-31-24-11-12-29-17-25(24)33(27)18-20-7-9-21(10-8-20)26(34)30-13-16-32-14-3-4-15-32/h1-2,5-12,17H,3-4,13-16,18-19H2,(H,30,34). The highest BCUT2D eigenvalue weighted by Crippen LogP contribution is 2.29. The number of imidazole rings is 1. The molecule has 0 saturated carbocycles. The smallest absolute Gasteiger partial charge is 0.251 e. The quantitative estimate of drug-likeness (QED) is 0.315. The Kier molecular flexibility index (Phi) is 7.66. The summed E-state index contributed by atoms with van der Waals surface area (Å²) in [6.45, 7) is 4.52. The molecule has 0 unspecified atom stereocenters. The zero-order chi connectivity index (χ0) is 24.0. The number of rotatable bonds is 9. The molecule has 35 heavy (non-hydrogen) atoms. The van der Waals surface area contributed by atoms with Crippen LogP contribution in [0, 0.1) is 0 Å². The molecule has 0 radical (unpaired) electrons. The molecule has 8 heteroatoms. The lowest BCUT2D eigenvalue weighted by Crippen LogP contribution is -2.33. The van der Waals surface area contributed by atoms with Crippen LogP contribution in [-0.2, 0) is 12.3 Å². The minimum Gasteiger partial charge on any atom is -0.351 e. The maximum Gasteiger partial charge on any atom is 0.251 e. The third-order valence-corrected chi connectivity index (χ3v) is 7.69. The van der Waals surface area contributed by atoms with Crippen molar-refractivity contribution in [2.24, 2.45) is 0 Å². The molecule has 1 saturated heterocycles. The van der Waals surface area contributed by atoms with Crippen LogP contribution in [0.2, 0.25) is 5.02 Å². The zero-order valence-electron chi connectivity index (χ0n) is 19.5. The number of benzene rings is 2. The fraction of sp³-hybridized carbons (Fsp3) is 0.296. The lowest BCUT2D eigenvalue weighted by Gasteiger charge is -2.14. The van der Waals surface area contributed by atoms with Gasteiger partial charge in [0.2, 0.25) is 0 Å². The van der Waals surface area contributed by atoms with Gasteiger partial charge in [0, 0.05) is 35.6 Å². The Morgan fingerprint density at radius 3 is 2.66 bits per heavy atom. The number of hydrogen-bond acceptors (Lipinski definition) is 5. The van der Waals surface area contributed by atoms with Gasteiger partial charge >= 0.3 is 0 Å². The van der Waals surface area contributed by atoms with Gasteiger partial charge in [-0.3, -0.25) is 9.78 Å². The fourth-order valence-corrected chi connectivity index (χ4v) is 5.65. The van der Waals surface area contributed by atoms with E-state index in [1.165, 1.54) is 12.8 Å². The second kappa shape index (κ2) is 11.2. The molecule has 1 amide bonds. The Hall–Kier alpha value is -2.87. The van der Waals surface area contributed by atoms with E-state index < -0.39 is 0 Å². The van der Waals surface area contributed by atoms with Gasteiger partial charge < -0.3 is 14.8 Å². The van der Waals surface area contributed by atoms with Gasteiger partial charge in [-0.2, -0.15) is 0 Å². The maximum atomic E-state index is 12.6. The Balaban J connectivity index is 1.27. The summed E-state index contributed by atoms with van der Waals surface area (Å²) in [5.41, 5.74) is 4.76. The summed E-state index contributed by atoms with van der Waals surface area (Å²) in [6, 6.07) is 17.6. The molecule has 3 heterocycles. The summed E-state index contributed by atoms with van der Waals surface area (Å²) < 4.78 is 2.18. The van der Waals surface area contributed by atoms with Crippen LogP contribution in [0.5, 0.6) is 0 Å². The van der Waals surface area contributed by atoms with Gasteiger partial charge in [-0.05, 0) is 61.3 Å². The molecule has 0 bridgehead atoms. The molecule has 6 nitrogen and oxygen atoms in total. The molecule has 1 aliphatic heterocycles. The molecule has 2 aromatic carbocycles. The van der Waals surface area contributed by atoms with Gasteiger partial charge in [0.1, 0.15) is 0 Å². The number of fused-ring (bicyclic) bond motifs is 1. The number of carbonyl (C=O) groups excluding carboxylic acids is 1. The number of carbonyl (C=O) groups is 1. The van der Waals surface area contributed by atoms with Gasteiger partial charge in [-0.1, -0.05) is 53.7 Å². The monoisotopic (exact) mass is 505 g/mol. The van der Waals surface area contributed by atoms with Gasteiger partial charge in [0.05, 0.1) is 23.8 Å². The molecule has 1 fully saturated rings. The normalized spacial score (nSPS) is 14.0. The van der Waals surface area contributed by atoms with Gasteiger partial charge in [-0.25, -0.2) is 4.98 Å². The molecule has 1 aliphatic rings. The lowest BCUT2D eigenvalue weighted by atomic mass is 10.1. The third kappa shape index (κ3) is 5.86. The minimum absolute atomic E-state index is 0.0241. The van der Waals surface area contributed by atoms with Crippen molar-refractivity contribution in [2.75, 3.05) is 26.2 Å². The molecule has 4 aromatic rings. The summed E-state index contributed by atoms with van der Waals surface area (Å²) in [6.07, 6.45) is 6.14. The lowest BCUT2D eigenvalue weighted by molar-refractivity contribution is 0.0949. The van der Waals surface area contributed by atoms with E-state index in [0.717, 1.165) is 57.7 Å². The first-order valence-corrected chi connectivity index (χ1v) is 13.3. The molecular weight excluding hydrogens is 478 g/mol. The first-order valence-electron chi connectivity index (χ1n) is 11.9. The van der Waals surface area contributed by atoms with E-state index in [-0.39, 0.29) is 5.91 Å². The van der Waals surface area contributed by atoms with Gasteiger partial charge in [0.25, 0.3) is 5.91 Å². The highest BCUT2D eigenvalue weighted by molar-refractivity contribution is 7.98. The number of nitrogens with one attached hydrogen (secondary N) is 1. The number of likely N-dealkylation sites (tertiary alicyclic amines) is 1. The van der Waals surface area contributed by atoms with Gasteiger partial charge in [-0.15, -0.1) is 0 Å². The topological polar surface area (TPSA) is 63.1 Å². The third-order valence-electron chi connectivity index (χ3n) is 6.30.